The van der Waals surface area contributed by atoms with Gasteiger partial charge in [-0.2, -0.15) is 0 Å². The Labute approximate surface area is 119 Å². The summed E-state index contributed by atoms with van der Waals surface area (Å²) in [5.74, 6) is 0.364. The molecular formula is C15H21N3O2. The van der Waals surface area contributed by atoms with Crippen molar-refractivity contribution in [2.75, 3.05) is 13.1 Å². The molecule has 0 saturated carbocycles. The van der Waals surface area contributed by atoms with Crippen LogP contribution in [0.2, 0.25) is 0 Å². The van der Waals surface area contributed by atoms with E-state index in [0.29, 0.717) is 12.5 Å². The fourth-order valence-electron chi connectivity index (χ4n) is 2.08. The maximum Gasteiger partial charge on any atom is 0.410 e. The Morgan fingerprint density at radius 2 is 2.10 bits per heavy atom. The van der Waals surface area contributed by atoms with Gasteiger partial charge in [-0.25, -0.2) is 14.8 Å². The Bertz CT molecular complexity index is 480. The van der Waals surface area contributed by atoms with Gasteiger partial charge < -0.3 is 9.64 Å². The number of likely N-dealkylation sites (tertiary alicyclic amines) is 1. The van der Waals surface area contributed by atoms with Gasteiger partial charge in [0.1, 0.15) is 11.9 Å². The van der Waals surface area contributed by atoms with Gasteiger partial charge in [-0.1, -0.05) is 12.2 Å². The largest absolute Gasteiger partial charge is 0.444 e. The highest BCUT2D eigenvalue weighted by atomic mass is 16.6. The van der Waals surface area contributed by atoms with Crippen molar-refractivity contribution in [1.29, 1.82) is 0 Å². The molecule has 0 unspecified atom stereocenters. The second-order valence-electron chi connectivity index (χ2n) is 6.01. The molecule has 0 radical (unpaired) electrons. The van der Waals surface area contributed by atoms with Crippen molar-refractivity contribution in [1.82, 2.24) is 14.9 Å². The van der Waals surface area contributed by atoms with E-state index in [0.717, 1.165) is 18.5 Å². The monoisotopic (exact) mass is 275 g/mol. The molecule has 0 aliphatic carbocycles. The van der Waals surface area contributed by atoms with Crippen LogP contribution >= 0.6 is 0 Å². The predicted molar refractivity (Wildman–Crippen MR) is 77.0 cm³/mol. The first-order valence-corrected chi connectivity index (χ1v) is 6.85. The quantitative estimate of drug-likeness (QED) is 0.832. The lowest BCUT2D eigenvalue weighted by Crippen LogP contribution is -2.35. The lowest BCUT2D eigenvalue weighted by Gasteiger charge is -2.24. The van der Waals surface area contributed by atoms with Crippen LogP contribution in [0.3, 0.4) is 0 Å². The van der Waals surface area contributed by atoms with E-state index in [1.807, 2.05) is 26.8 Å². The summed E-state index contributed by atoms with van der Waals surface area (Å²) < 4.78 is 5.38. The van der Waals surface area contributed by atoms with E-state index >= 15 is 0 Å². The minimum atomic E-state index is -0.438. The van der Waals surface area contributed by atoms with E-state index in [1.165, 1.54) is 6.33 Å². The van der Waals surface area contributed by atoms with Gasteiger partial charge in [-0.15, -0.1) is 0 Å². The number of carbonyl (C=O) groups is 1. The van der Waals surface area contributed by atoms with Crippen LogP contribution in [-0.2, 0) is 4.74 Å². The van der Waals surface area contributed by atoms with Crippen molar-refractivity contribution in [3.05, 3.63) is 30.4 Å². The molecule has 5 nitrogen and oxygen atoms in total. The molecule has 0 aromatic carbocycles. The van der Waals surface area contributed by atoms with Crippen molar-refractivity contribution in [2.24, 2.45) is 5.92 Å². The maximum atomic E-state index is 11.9. The first kappa shape index (κ1) is 14.5. The maximum absolute atomic E-state index is 11.9. The van der Waals surface area contributed by atoms with Gasteiger partial charge in [-0.05, 0) is 33.1 Å². The third-order valence-corrected chi connectivity index (χ3v) is 3.02. The number of rotatable bonds is 2. The van der Waals surface area contributed by atoms with E-state index in [-0.39, 0.29) is 6.09 Å². The zero-order valence-electron chi connectivity index (χ0n) is 12.2. The molecule has 2 heterocycles. The summed E-state index contributed by atoms with van der Waals surface area (Å²) in [7, 11) is 0. The molecule has 108 valence electrons. The van der Waals surface area contributed by atoms with Crippen LogP contribution in [-0.4, -0.2) is 39.7 Å². The average Bonchev–Trinajstić information content (AvgIpc) is 2.84. The highest BCUT2D eigenvalue weighted by Gasteiger charge is 2.28. The molecule has 1 aliphatic heterocycles. The van der Waals surface area contributed by atoms with Gasteiger partial charge in [0.25, 0.3) is 0 Å². The summed E-state index contributed by atoms with van der Waals surface area (Å²) in [6.45, 7) is 7.10. The van der Waals surface area contributed by atoms with Crippen LogP contribution in [0.15, 0.2) is 24.8 Å². The minimum absolute atomic E-state index is 0.226. The first-order chi connectivity index (χ1) is 9.44. The summed E-state index contributed by atoms with van der Waals surface area (Å²) in [6.07, 6.45) is 9.90. The molecule has 0 N–H and O–H groups in total. The van der Waals surface area contributed by atoms with Crippen LogP contribution in [0.1, 0.15) is 32.8 Å². The molecule has 1 atom stereocenters. The molecule has 1 aromatic rings. The fourth-order valence-corrected chi connectivity index (χ4v) is 2.08. The normalized spacial score (nSPS) is 19.6. The summed E-state index contributed by atoms with van der Waals surface area (Å²) in [5.41, 5.74) is 0.537. The number of ether oxygens (including phenoxy) is 1. The second-order valence-corrected chi connectivity index (χ2v) is 6.01. The van der Waals surface area contributed by atoms with Crippen molar-refractivity contribution in [3.63, 3.8) is 0 Å². The molecule has 2 rings (SSSR count). The number of nitrogens with zero attached hydrogens (tertiary/aromatic N) is 3. The van der Waals surface area contributed by atoms with Gasteiger partial charge in [0.2, 0.25) is 0 Å². The summed E-state index contributed by atoms with van der Waals surface area (Å²) in [6, 6.07) is 0. The number of carbonyl (C=O) groups excluding carboxylic acids is 1. The summed E-state index contributed by atoms with van der Waals surface area (Å²) in [4.78, 5) is 21.6. The standard InChI is InChI=1S/C15H21N3O2/c1-15(2,3)20-14(19)18-7-6-12(10-18)4-5-13-8-16-11-17-9-13/h4-5,8-9,11-12H,6-7,10H2,1-3H3/t12-/m0/s1. The summed E-state index contributed by atoms with van der Waals surface area (Å²) >= 11 is 0. The van der Waals surface area contributed by atoms with Crippen molar-refractivity contribution in [2.45, 2.75) is 32.8 Å². The van der Waals surface area contributed by atoms with Gasteiger partial charge in [0.15, 0.2) is 0 Å². The minimum Gasteiger partial charge on any atom is -0.444 e. The van der Waals surface area contributed by atoms with Gasteiger partial charge in [0, 0.05) is 31.0 Å². The third-order valence-electron chi connectivity index (χ3n) is 3.02. The molecule has 1 amide bonds. The smallest absolute Gasteiger partial charge is 0.410 e. The van der Waals surface area contributed by atoms with Crippen molar-refractivity contribution in [3.8, 4) is 0 Å². The topological polar surface area (TPSA) is 55.3 Å². The Morgan fingerprint density at radius 3 is 2.75 bits per heavy atom. The predicted octanol–water partition coefficient (Wildman–Crippen LogP) is 2.75. The molecule has 5 heteroatoms. The highest BCUT2D eigenvalue weighted by Crippen LogP contribution is 2.21. The van der Waals surface area contributed by atoms with Crippen LogP contribution in [0, 0.1) is 5.92 Å². The van der Waals surface area contributed by atoms with Crippen molar-refractivity contribution < 1.29 is 9.53 Å². The number of aromatic nitrogens is 2. The zero-order chi connectivity index (χ0) is 14.6. The Kier molecular flexibility index (Phi) is 4.37. The Balaban J connectivity index is 1.86. The van der Waals surface area contributed by atoms with E-state index < -0.39 is 5.60 Å². The second kappa shape index (κ2) is 6.03. The fraction of sp³-hybridized carbons (Fsp3) is 0.533. The molecule has 0 spiro atoms. The first-order valence-electron chi connectivity index (χ1n) is 6.85. The van der Waals surface area contributed by atoms with Gasteiger partial charge >= 0.3 is 6.09 Å². The van der Waals surface area contributed by atoms with Crippen molar-refractivity contribution >= 4 is 12.2 Å². The molecule has 1 fully saturated rings. The Morgan fingerprint density at radius 1 is 1.40 bits per heavy atom. The van der Waals surface area contributed by atoms with E-state index in [4.69, 9.17) is 4.74 Å². The molecular weight excluding hydrogens is 254 g/mol. The summed E-state index contributed by atoms with van der Waals surface area (Å²) in [5, 5.41) is 0. The van der Waals surface area contributed by atoms with E-state index in [9.17, 15) is 4.79 Å². The molecule has 1 aromatic heterocycles. The van der Waals surface area contributed by atoms with E-state index in [2.05, 4.69) is 16.0 Å². The molecule has 20 heavy (non-hydrogen) atoms. The number of hydrogen-bond acceptors (Lipinski definition) is 4. The zero-order valence-corrected chi connectivity index (χ0v) is 12.2. The lowest BCUT2D eigenvalue weighted by molar-refractivity contribution is 0.0291. The lowest BCUT2D eigenvalue weighted by atomic mass is 10.1. The van der Waals surface area contributed by atoms with Crippen LogP contribution in [0.25, 0.3) is 6.08 Å². The molecule has 1 aliphatic rings. The highest BCUT2D eigenvalue weighted by molar-refractivity contribution is 5.68. The van der Waals surface area contributed by atoms with Gasteiger partial charge in [0.05, 0.1) is 0 Å². The third kappa shape index (κ3) is 4.33. The van der Waals surface area contributed by atoms with E-state index in [1.54, 1.807) is 17.3 Å². The van der Waals surface area contributed by atoms with Crippen LogP contribution in [0.5, 0.6) is 0 Å². The number of amides is 1. The molecule has 0 bridgehead atoms. The van der Waals surface area contributed by atoms with Crippen LogP contribution < -0.4 is 0 Å². The molecule has 1 saturated heterocycles. The number of hydrogen-bond donors (Lipinski definition) is 0. The average molecular weight is 275 g/mol. The van der Waals surface area contributed by atoms with Crippen LogP contribution in [0.4, 0.5) is 4.79 Å². The SMILES string of the molecule is CC(C)(C)OC(=O)N1CC[C@H](C=Cc2cncnc2)C1. The van der Waals surface area contributed by atoms with Gasteiger partial charge in [-0.3, -0.25) is 0 Å². The Hall–Kier alpha value is -1.91.